The summed E-state index contributed by atoms with van der Waals surface area (Å²) >= 11 is 0. The number of nitrogens with zero attached hydrogens (tertiary/aromatic N) is 1. The van der Waals surface area contributed by atoms with Crippen LogP contribution in [0.4, 0.5) is 0 Å². The zero-order valence-corrected chi connectivity index (χ0v) is 12.8. The fourth-order valence-corrected chi connectivity index (χ4v) is 2.03. The number of nitrogens with one attached hydrogen (secondary N) is 1. The third kappa shape index (κ3) is 5.07. The molecule has 1 aromatic carbocycles. The molecule has 2 N–H and O–H groups in total. The van der Waals surface area contributed by atoms with E-state index in [-0.39, 0.29) is 17.1 Å². The molecule has 0 spiro atoms. The lowest BCUT2D eigenvalue weighted by Crippen LogP contribution is -2.29. The van der Waals surface area contributed by atoms with E-state index in [1.165, 1.54) is 13.0 Å². The number of rotatable bonds is 6. The molecule has 2 aromatic rings. The Balaban J connectivity index is 1.97. The third-order valence-corrected chi connectivity index (χ3v) is 3.25. The molecule has 118 valence electrons. The molecule has 0 aliphatic heterocycles. The van der Waals surface area contributed by atoms with Crippen LogP contribution in [0.3, 0.4) is 0 Å². The van der Waals surface area contributed by atoms with Crippen molar-refractivity contribution in [2.45, 2.75) is 13.3 Å². The molecule has 1 aromatic heterocycles. The van der Waals surface area contributed by atoms with Gasteiger partial charge in [-0.25, -0.2) is 0 Å². The van der Waals surface area contributed by atoms with E-state index in [2.05, 4.69) is 10.3 Å². The Labute approximate surface area is 134 Å². The molecule has 0 saturated carbocycles. The number of pyridine rings is 1. The van der Waals surface area contributed by atoms with E-state index in [1.807, 2.05) is 0 Å². The predicted octanol–water partition coefficient (Wildman–Crippen LogP) is 2.12. The fraction of sp³-hybridized carbons (Fsp3) is 0.167. The van der Waals surface area contributed by atoms with Crippen LogP contribution in [0.25, 0.3) is 6.08 Å². The number of hydrogen-bond acceptors (Lipinski definition) is 4. The van der Waals surface area contributed by atoms with Crippen molar-refractivity contribution in [2.75, 3.05) is 6.54 Å². The number of benzene rings is 1. The van der Waals surface area contributed by atoms with Gasteiger partial charge in [0, 0.05) is 18.9 Å². The van der Waals surface area contributed by atoms with Crippen molar-refractivity contribution >= 4 is 17.8 Å². The van der Waals surface area contributed by atoms with Crippen LogP contribution in [-0.2, 0) is 16.0 Å². The molecule has 0 unspecified atom stereocenters. The van der Waals surface area contributed by atoms with E-state index in [0.29, 0.717) is 18.5 Å². The highest BCUT2D eigenvalue weighted by atomic mass is 16.3. The summed E-state index contributed by atoms with van der Waals surface area (Å²) < 4.78 is 0. The second kappa shape index (κ2) is 7.89. The van der Waals surface area contributed by atoms with Crippen LogP contribution in [0.1, 0.15) is 18.1 Å². The maximum absolute atomic E-state index is 12.2. The summed E-state index contributed by atoms with van der Waals surface area (Å²) in [6.07, 6.45) is 5.37. The van der Waals surface area contributed by atoms with Gasteiger partial charge in [-0.2, -0.15) is 0 Å². The Kier molecular flexibility index (Phi) is 5.63. The second-order valence-corrected chi connectivity index (χ2v) is 5.07. The number of aromatic hydroxyl groups is 1. The smallest absolute Gasteiger partial charge is 0.254 e. The molecule has 5 nitrogen and oxygen atoms in total. The lowest BCUT2D eigenvalue weighted by Gasteiger charge is -2.07. The Bertz CT molecular complexity index is 707. The molecule has 0 fully saturated rings. The van der Waals surface area contributed by atoms with E-state index < -0.39 is 5.91 Å². The average Bonchev–Trinajstić information content (AvgIpc) is 2.55. The van der Waals surface area contributed by atoms with Gasteiger partial charge in [-0.05, 0) is 48.7 Å². The molecule has 0 atom stereocenters. The van der Waals surface area contributed by atoms with Crippen molar-refractivity contribution in [3.05, 3.63) is 65.5 Å². The van der Waals surface area contributed by atoms with Crippen molar-refractivity contribution < 1.29 is 14.7 Å². The molecule has 23 heavy (non-hydrogen) atoms. The summed E-state index contributed by atoms with van der Waals surface area (Å²) in [6, 6.07) is 10.3. The molecular weight excluding hydrogens is 292 g/mol. The molecule has 5 heteroatoms. The van der Waals surface area contributed by atoms with E-state index in [9.17, 15) is 14.7 Å². The predicted molar refractivity (Wildman–Crippen MR) is 87.7 cm³/mol. The van der Waals surface area contributed by atoms with Gasteiger partial charge in [-0.15, -0.1) is 0 Å². The minimum Gasteiger partial charge on any atom is -0.508 e. The summed E-state index contributed by atoms with van der Waals surface area (Å²) in [6.45, 7) is 1.77. The molecule has 2 rings (SSSR count). The number of amides is 1. The van der Waals surface area contributed by atoms with Crippen LogP contribution in [-0.4, -0.2) is 28.3 Å². The maximum Gasteiger partial charge on any atom is 0.254 e. The zero-order valence-electron chi connectivity index (χ0n) is 12.8. The summed E-state index contributed by atoms with van der Waals surface area (Å²) in [4.78, 5) is 27.8. The largest absolute Gasteiger partial charge is 0.508 e. The fourth-order valence-electron chi connectivity index (χ4n) is 2.03. The minimum atomic E-state index is -0.403. The third-order valence-electron chi connectivity index (χ3n) is 3.25. The number of Topliss-reactive ketones (excluding diaryl/α,β-unsaturated/α-hetero) is 1. The van der Waals surface area contributed by atoms with E-state index in [1.54, 1.807) is 48.8 Å². The van der Waals surface area contributed by atoms with Crippen LogP contribution in [0.5, 0.6) is 5.75 Å². The highest BCUT2D eigenvalue weighted by Crippen LogP contribution is 2.10. The van der Waals surface area contributed by atoms with E-state index in [4.69, 9.17) is 0 Å². The molecule has 0 aliphatic rings. The van der Waals surface area contributed by atoms with Gasteiger partial charge in [0.2, 0.25) is 0 Å². The molecule has 0 radical (unpaired) electrons. The van der Waals surface area contributed by atoms with Gasteiger partial charge in [-0.1, -0.05) is 18.2 Å². The van der Waals surface area contributed by atoms with Crippen LogP contribution in [0.15, 0.2) is 54.4 Å². The van der Waals surface area contributed by atoms with Gasteiger partial charge < -0.3 is 10.4 Å². The molecule has 1 amide bonds. The summed E-state index contributed by atoms with van der Waals surface area (Å²) in [5.41, 5.74) is 1.79. The molecule has 0 aliphatic carbocycles. The van der Waals surface area contributed by atoms with Gasteiger partial charge in [0.05, 0.1) is 5.57 Å². The molecule has 0 saturated heterocycles. The number of phenolic OH excluding ortho intramolecular Hbond substituents is 1. The quantitative estimate of drug-likeness (QED) is 0.486. The number of carbonyl (C=O) groups excluding carboxylic acids is 2. The Morgan fingerprint density at radius 3 is 2.57 bits per heavy atom. The highest BCUT2D eigenvalue weighted by Gasteiger charge is 2.13. The van der Waals surface area contributed by atoms with Crippen molar-refractivity contribution in [2.24, 2.45) is 0 Å². The first kappa shape index (κ1) is 16.4. The Morgan fingerprint density at radius 2 is 1.96 bits per heavy atom. The summed E-state index contributed by atoms with van der Waals surface area (Å²) in [7, 11) is 0. The number of hydrogen-bond donors (Lipinski definition) is 2. The molecule has 1 heterocycles. The van der Waals surface area contributed by atoms with Gasteiger partial charge in [0.25, 0.3) is 5.91 Å². The lowest BCUT2D eigenvalue weighted by atomic mass is 10.1. The van der Waals surface area contributed by atoms with Crippen molar-refractivity contribution in [1.29, 1.82) is 0 Å². The van der Waals surface area contributed by atoms with Crippen LogP contribution < -0.4 is 5.32 Å². The van der Waals surface area contributed by atoms with Crippen LogP contribution >= 0.6 is 0 Å². The second-order valence-electron chi connectivity index (χ2n) is 5.07. The van der Waals surface area contributed by atoms with Gasteiger partial charge >= 0.3 is 0 Å². The average molecular weight is 310 g/mol. The minimum absolute atomic E-state index is 0.101. The van der Waals surface area contributed by atoms with E-state index >= 15 is 0 Å². The zero-order chi connectivity index (χ0) is 16.7. The first-order chi connectivity index (χ1) is 11.1. The summed E-state index contributed by atoms with van der Waals surface area (Å²) in [5.74, 6) is -0.493. The molecule has 0 bridgehead atoms. The van der Waals surface area contributed by atoms with Gasteiger partial charge in [0.15, 0.2) is 5.78 Å². The highest BCUT2D eigenvalue weighted by molar-refractivity contribution is 6.21. The molecular formula is C18H18N2O3. The number of ketones is 1. The first-order valence-electron chi connectivity index (χ1n) is 7.25. The maximum atomic E-state index is 12.2. The van der Waals surface area contributed by atoms with Crippen LogP contribution in [0.2, 0.25) is 0 Å². The standard InChI is InChI=1S/C18H18N2O3/c1-13(21)17(11-15-3-2-9-19-12-15)18(23)20-10-8-14-4-6-16(22)7-5-14/h2-7,9,11-12,22H,8,10H2,1H3,(H,20,23)/b17-11+. The normalized spacial score (nSPS) is 11.1. The Morgan fingerprint density at radius 1 is 1.22 bits per heavy atom. The van der Waals surface area contributed by atoms with Gasteiger partial charge in [-0.3, -0.25) is 14.6 Å². The topological polar surface area (TPSA) is 79.3 Å². The number of phenols is 1. The van der Waals surface area contributed by atoms with Crippen molar-refractivity contribution in [1.82, 2.24) is 10.3 Å². The van der Waals surface area contributed by atoms with Crippen molar-refractivity contribution in [3.8, 4) is 5.75 Å². The monoisotopic (exact) mass is 310 g/mol. The van der Waals surface area contributed by atoms with Gasteiger partial charge in [0.1, 0.15) is 5.75 Å². The SMILES string of the molecule is CC(=O)/C(=C\c1cccnc1)C(=O)NCCc1ccc(O)cc1. The number of aromatic nitrogens is 1. The van der Waals surface area contributed by atoms with Crippen molar-refractivity contribution in [3.63, 3.8) is 0 Å². The summed E-state index contributed by atoms with van der Waals surface area (Å²) in [5, 5.41) is 12.0. The lowest BCUT2D eigenvalue weighted by molar-refractivity contribution is -0.121. The first-order valence-corrected chi connectivity index (χ1v) is 7.25. The Hall–Kier alpha value is -2.95. The van der Waals surface area contributed by atoms with Crippen LogP contribution in [0, 0.1) is 0 Å². The number of carbonyl (C=O) groups is 2. The van der Waals surface area contributed by atoms with E-state index in [0.717, 1.165) is 5.56 Å².